The zero-order valence-electron chi connectivity index (χ0n) is 10.4. The summed E-state index contributed by atoms with van der Waals surface area (Å²) < 4.78 is 5.29. The number of likely N-dealkylation sites (tertiary alicyclic amines) is 1. The number of carbonyl (C=O) groups excluding carboxylic acids is 1. The summed E-state index contributed by atoms with van der Waals surface area (Å²) in [7, 11) is 1.66. The number of rotatable bonds is 2. The molecule has 0 aromatic heterocycles. The van der Waals surface area contributed by atoms with Crippen molar-refractivity contribution < 1.29 is 14.6 Å². The van der Waals surface area contributed by atoms with E-state index in [1.54, 1.807) is 24.1 Å². The maximum Gasteiger partial charge on any atom is 0.254 e. The predicted octanol–water partition coefficient (Wildman–Crippen LogP) is 1.23. The highest BCUT2D eigenvalue weighted by Crippen LogP contribution is 2.23. The predicted molar refractivity (Wildman–Crippen MR) is 68.5 cm³/mol. The van der Waals surface area contributed by atoms with Crippen molar-refractivity contribution in [2.75, 3.05) is 25.9 Å². The van der Waals surface area contributed by atoms with Gasteiger partial charge in [0.25, 0.3) is 5.91 Å². The van der Waals surface area contributed by atoms with Crippen LogP contribution in [0.1, 0.15) is 23.2 Å². The number of hydrogen-bond donors (Lipinski definition) is 2. The first-order chi connectivity index (χ1) is 8.61. The molecule has 3 N–H and O–H groups in total. The number of hydrogen-bond acceptors (Lipinski definition) is 4. The summed E-state index contributed by atoms with van der Waals surface area (Å²) in [5.41, 5.74) is 6.25. The van der Waals surface area contributed by atoms with Gasteiger partial charge in [-0.15, -0.1) is 0 Å². The lowest BCUT2D eigenvalue weighted by atomic mass is 10.1. The van der Waals surface area contributed by atoms with Gasteiger partial charge in [-0.3, -0.25) is 4.79 Å². The minimum absolute atomic E-state index is 0.0545. The van der Waals surface area contributed by atoms with E-state index in [4.69, 9.17) is 10.5 Å². The number of phenols is 1. The second-order valence-electron chi connectivity index (χ2n) is 4.52. The quantitative estimate of drug-likeness (QED) is 0.611. The molecule has 0 bridgehead atoms. The molecule has 1 heterocycles. The van der Waals surface area contributed by atoms with Crippen LogP contribution in [0.25, 0.3) is 0 Å². The van der Waals surface area contributed by atoms with E-state index >= 15 is 0 Å². The van der Waals surface area contributed by atoms with E-state index in [0.717, 1.165) is 19.4 Å². The van der Waals surface area contributed by atoms with E-state index in [-0.39, 0.29) is 23.4 Å². The molecule has 5 heteroatoms. The third-order valence-electron chi connectivity index (χ3n) is 3.28. The highest BCUT2D eigenvalue weighted by molar-refractivity contribution is 5.95. The van der Waals surface area contributed by atoms with Gasteiger partial charge in [0.2, 0.25) is 0 Å². The number of nitrogens with zero attached hydrogens (tertiary/aromatic N) is 1. The monoisotopic (exact) mass is 250 g/mol. The van der Waals surface area contributed by atoms with Crippen LogP contribution in [0.2, 0.25) is 0 Å². The molecular formula is C13H18N2O3. The fraction of sp³-hybridized carbons (Fsp3) is 0.462. The first-order valence-electron chi connectivity index (χ1n) is 6.02. The standard InChI is InChI=1S/C13H18N2O3/c1-18-10-3-2-6-15(8-10)13(17)9-4-5-11(14)12(16)7-9/h4-5,7,10,16H,2-3,6,8,14H2,1H3. The molecule has 0 spiro atoms. The minimum Gasteiger partial charge on any atom is -0.506 e. The Kier molecular flexibility index (Phi) is 3.72. The van der Waals surface area contributed by atoms with Crippen molar-refractivity contribution in [3.05, 3.63) is 23.8 Å². The van der Waals surface area contributed by atoms with E-state index < -0.39 is 0 Å². The molecule has 0 radical (unpaired) electrons. The number of ether oxygens (including phenoxy) is 1. The molecule has 1 atom stereocenters. The van der Waals surface area contributed by atoms with Gasteiger partial charge < -0.3 is 20.5 Å². The number of aromatic hydroxyl groups is 1. The third-order valence-corrected chi connectivity index (χ3v) is 3.28. The van der Waals surface area contributed by atoms with E-state index in [1.165, 1.54) is 6.07 Å². The Morgan fingerprint density at radius 3 is 3.00 bits per heavy atom. The van der Waals surface area contributed by atoms with E-state index in [9.17, 15) is 9.90 Å². The van der Waals surface area contributed by atoms with Crippen LogP contribution >= 0.6 is 0 Å². The lowest BCUT2D eigenvalue weighted by molar-refractivity contribution is 0.0269. The average molecular weight is 250 g/mol. The van der Waals surface area contributed by atoms with Crippen molar-refractivity contribution in [2.24, 2.45) is 0 Å². The molecule has 2 rings (SSSR count). The number of nitrogens with two attached hydrogens (primary N) is 1. The normalized spacial score (nSPS) is 19.8. The third kappa shape index (κ3) is 2.56. The van der Waals surface area contributed by atoms with Crippen LogP contribution < -0.4 is 5.73 Å². The van der Waals surface area contributed by atoms with Crippen LogP contribution in [-0.2, 0) is 4.74 Å². The molecule has 1 aliphatic heterocycles. The van der Waals surface area contributed by atoms with Crippen LogP contribution in [0.5, 0.6) is 5.75 Å². The first-order valence-corrected chi connectivity index (χ1v) is 6.02. The number of amides is 1. The maximum atomic E-state index is 12.2. The molecule has 1 aromatic rings. The number of piperidine rings is 1. The zero-order valence-corrected chi connectivity index (χ0v) is 10.4. The molecule has 1 aromatic carbocycles. The second kappa shape index (κ2) is 5.27. The Balaban J connectivity index is 2.12. The number of anilines is 1. The van der Waals surface area contributed by atoms with Gasteiger partial charge in [-0.05, 0) is 31.0 Å². The number of phenolic OH excluding ortho intramolecular Hbond substituents is 1. The van der Waals surface area contributed by atoms with Gasteiger partial charge >= 0.3 is 0 Å². The SMILES string of the molecule is COC1CCCN(C(=O)c2ccc(N)c(O)c2)C1. The summed E-state index contributed by atoms with van der Waals surface area (Å²) in [6.45, 7) is 1.32. The van der Waals surface area contributed by atoms with Crippen LogP contribution in [0, 0.1) is 0 Å². The van der Waals surface area contributed by atoms with Crippen molar-refractivity contribution in [1.82, 2.24) is 4.90 Å². The Morgan fingerprint density at radius 1 is 1.56 bits per heavy atom. The summed E-state index contributed by atoms with van der Waals surface area (Å²) in [4.78, 5) is 14.0. The molecule has 5 nitrogen and oxygen atoms in total. The van der Waals surface area contributed by atoms with Crippen LogP contribution in [-0.4, -0.2) is 42.2 Å². The van der Waals surface area contributed by atoms with Crippen molar-refractivity contribution in [2.45, 2.75) is 18.9 Å². The van der Waals surface area contributed by atoms with E-state index in [1.807, 2.05) is 0 Å². The van der Waals surface area contributed by atoms with Crippen molar-refractivity contribution in [1.29, 1.82) is 0 Å². The lowest BCUT2D eigenvalue weighted by Gasteiger charge is -2.32. The van der Waals surface area contributed by atoms with Crippen molar-refractivity contribution in [3.63, 3.8) is 0 Å². The van der Waals surface area contributed by atoms with E-state index in [2.05, 4.69) is 0 Å². The smallest absolute Gasteiger partial charge is 0.254 e. The summed E-state index contributed by atoms with van der Waals surface area (Å²) in [5.74, 6) is -0.145. The molecule has 18 heavy (non-hydrogen) atoms. The lowest BCUT2D eigenvalue weighted by Crippen LogP contribution is -2.42. The van der Waals surface area contributed by atoms with Crippen molar-refractivity contribution >= 4 is 11.6 Å². The van der Waals surface area contributed by atoms with Gasteiger partial charge in [0.1, 0.15) is 5.75 Å². The van der Waals surface area contributed by atoms with Gasteiger partial charge in [0.05, 0.1) is 11.8 Å². The Bertz CT molecular complexity index is 448. The number of nitrogen functional groups attached to an aromatic ring is 1. The van der Waals surface area contributed by atoms with Crippen LogP contribution in [0.3, 0.4) is 0 Å². The fourth-order valence-corrected chi connectivity index (χ4v) is 2.17. The molecule has 0 saturated carbocycles. The minimum atomic E-state index is -0.0907. The summed E-state index contributed by atoms with van der Waals surface area (Å²) in [5, 5.41) is 9.53. The van der Waals surface area contributed by atoms with Gasteiger partial charge in [0.15, 0.2) is 0 Å². The number of methoxy groups -OCH3 is 1. The summed E-state index contributed by atoms with van der Waals surface area (Å²) in [6.07, 6.45) is 2.02. The Labute approximate surface area is 106 Å². The summed E-state index contributed by atoms with van der Waals surface area (Å²) in [6, 6.07) is 4.59. The van der Waals surface area contributed by atoms with Crippen LogP contribution in [0.4, 0.5) is 5.69 Å². The Morgan fingerprint density at radius 2 is 2.33 bits per heavy atom. The Hall–Kier alpha value is -1.75. The summed E-state index contributed by atoms with van der Waals surface area (Å²) >= 11 is 0. The van der Waals surface area contributed by atoms with Gasteiger partial charge in [-0.25, -0.2) is 0 Å². The molecule has 1 aliphatic rings. The van der Waals surface area contributed by atoms with Gasteiger partial charge in [-0.2, -0.15) is 0 Å². The largest absolute Gasteiger partial charge is 0.506 e. The molecule has 1 amide bonds. The van der Waals surface area contributed by atoms with Gasteiger partial charge in [0, 0.05) is 25.8 Å². The van der Waals surface area contributed by atoms with Gasteiger partial charge in [-0.1, -0.05) is 0 Å². The second-order valence-corrected chi connectivity index (χ2v) is 4.52. The fourth-order valence-electron chi connectivity index (χ4n) is 2.17. The average Bonchev–Trinajstić information content (AvgIpc) is 2.41. The maximum absolute atomic E-state index is 12.2. The topological polar surface area (TPSA) is 75.8 Å². The molecule has 1 fully saturated rings. The van der Waals surface area contributed by atoms with Crippen molar-refractivity contribution in [3.8, 4) is 5.75 Å². The molecule has 1 saturated heterocycles. The number of benzene rings is 1. The van der Waals surface area contributed by atoms with E-state index in [0.29, 0.717) is 12.1 Å². The number of carbonyl (C=O) groups is 1. The molecular weight excluding hydrogens is 232 g/mol. The van der Waals surface area contributed by atoms with Crippen LogP contribution in [0.15, 0.2) is 18.2 Å². The molecule has 1 unspecified atom stereocenters. The first kappa shape index (κ1) is 12.7. The zero-order chi connectivity index (χ0) is 13.1. The molecule has 98 valence electrons. The highest BCUT2D eigenvalue weighted by atomic mass is 16.5. The molecule has 0 aliphatic carbocycles. The highest BCUT2D eigenvalue weighted by Gasteiger charge is 2.24.